The van der Waals surface area contributed by atoms with Crippen molar-refractivity contribution in [1.29, 1.82) is 5.26 Å². The molecule has 0 saturated heterocycles. The van der Waals surface area contributed by atoms with Gasteiger partial charge in [-0.25, -0.2) is 0 Å². The highest BCUT2D eigenvalue weighted by Crippen LogP contribution is 2.31. The average Bonchev–Trinajstić information content (AvgIpc) is 2.42. The maximum Gasteiger partial charge on any atom is 0.287 e. The Bertz CT molecular complexity index is 726. The van der Waals surface area contributed by atoms with Crippen LogP contribution in [0, 0.1) is 21.4 Å². The fourth-order valence-corrected chi connectivity index (χ4v) is 1.79. The van der Waals surface area contributed by atoms with Crippen molar-refractivity contribution in [2.24, 2.45) is 0 Å². The summed E-state index contributed by atoms with van der Waals surface area (Å²) in [5.41, 5.74) is -0.346. The van der Waals surface area contributed by atoms with Crippen LogP contribution in [0.25, 0.3) is 0 Å². The maximum absolute atomic E-state index is 10.7. The van der Waals surface area contributed by atoms with Crippen LogP contribution < -0.4 is 4.74 Å². The Morgan fingerprint density at radius 2 is 1.75 bits per heavy atom. The molecule has 0 atom stereocenters. The molecule has 2 aromatic carbocycles. The number of benzene rings is 2. The van der Waals surface area contributed by atoms with Crippen LogP contribution in [0.5, 0.6) is 11.5 Å². The monoisotopic (exact) mass is 308 g/mol. The lowest BCUT2D eigenvalue weighted by Crippen LogP contribution is -1.93. The first kappa shape index (κ1) is 14.1. The fraction of sp³-hybridized carbons (Fsp3) is 0. The van der Waals surface area contributed by atoms with Gasteiger partial charge in [0.2, 0.25) is 0 Å². The molecule has 0 spiro atoms. The van der Waals surface area contributed by atoms with Crippen molar-refractivity contribution < 1.29 is 9.66 Å². The second-order valence-electron chi connectivity index (χ2n) is 3.73. The minimum absolute atomic E-state index is 0.0763. The number of nitro groups is 1. The molecular weight excluding hydrogens is 303 g/mol. The van der Waals surface area contributed by atoms with Gasteiger partial charge in [0.15, 0.2) is 0 Å². The van der Waals surface area contributed by atoms with Crippen LogP contribution in [0.4, 0.5) is 5.69 Å². The third-order valence-electron chi connectivity index (χ3n) is 2.41. The van der Waals surface area contributed by atoms with Crippen LogP contribution in [0.3, 0.4) is 0 Å². The summed E-state index contributed by atoms with van der Waals surface area (Å²) in [5.74, 6) is 0.711. The minimum Gasteiger partial charge on any atom is -0.457 e. The third-order valence-corrected chi connectivity index (χ3v) is 3.15. The zero-order valence-electron chi connectivity index (χ0n) is 9.84. The normalized spacial score (nSPS) is 9.85. The molecule has 7 heteroatoms. The molecule has 0 fully saturated rings. The lowest BCUT2D eigenvalue weighted by atomic mass is 10.2. The zero-order valence-corrected chi connectivity index (χ0v) is 11.4. The summed E-state index contributed by atoms with van der Waals surface area (Å²) >= 11 is 11.6. The molecule has 0 amide bonds. The summed E-state index contributed by atoms with van der Waals surface area (Å²) in [6, 6.07) is 10.3. The van der Waals surface area contributed by atoms with Gasteiger partial charge in [0.25, 0.3) is 5.69 Å². The molecule has 100 valence electrons. The van der Waals surface area contributed by atoms with E-state index in [0.717, 1.165) is 0 Å². The van der Waals surface area contributed by atoms with Gasteiger partial charge >= 0.3 is 0 Å². The van der Waals surface area contributed by atoms with Gasteiger partial charge in [0, 0.05) is 18.2 Å². The van der Waals surface area contributed by atoms with E-state index in [4.69, 9.17) is 33.2 Å². The smallest absolute Gasteiger partial charge is 0.287 e. The molecule has 0 heterocycles. The van der Waals surface area contributed by atoms with Gasteiger partial charge in [-0.3, -0.25) is 10.1 Å². The van der Waals surface area contributed by atoms with E-state index in [-0.39, 0.29) is 11.3 Å². The second kappa shape index (κ2) is 5.78. The number of nitriles is 1. The largest absolute Gasteiger partial charge is 0.457 e. The van der Waals surface area contributed by atoms with Gasteiger partial charge in [0.05, 0.1) is 15.0 Å². The third kappa shape index (κ3) is 2.99. The van der Waals surface area contributed by atoms with Gasteiger partial charge in [-0.1, -0.05) is 23.2 Å². The van der Waals surface area contributed by atoms with E-state index in [2.05, 4.69) is 0 Å². The van der Waals surface area contributed by atoms with E-state index in [1.807, 2.05) is 0 Å². The molecule has 0 aromatic heterocycles. The molecule has 0 aliphatic rings. The highest BCUT2D eigenvalue weighted by molar-refractivity contribution is 6.42. The van der Waals surface area contributed by atoms with E-state index in [0.29, 0.717) is 21.5 Å². The summed E-state index contributed by atoms with van der Waals surface area (Å²) in [4.78, 5) is 10.1. The predicted octanol–water partition coefficient (Wildman–Crippen LogP) is 4.57. The van der Waals surface area contributed by atoms with Crippen molar-refractivity contribution in [2.75, 3.05) is 0 Å². The Kier molecular flexibility index (Phi) is 4.08. The number of hydrogen-bond acceptors (Lipinski definition) is 4. The van der Waals surface area contributed by atoms with E-state index >= 15 is 0 Å². The Morgan fingerprint density at radius 3 is 2.35 bits per heavy atom. The van der Waals surface area contributed by atoms with Crippen molar-refractivity contribution >= 4 is 28.9 Å². The number of hydrogen-bond donors (Lipinski definition) is 0. The second-order valence-corrected chi connectivity index (χ2v) is 4.54. The molecule has 5 nitrogen and oxygen atoms in total. The van der Waals surface area contributed by atoms with E-state index in [9.17, 15) is 10.1 Å². The summed E-state index contributed by atoms with van der Waals surface area (Å²) in [6.07, 6.45) is 0. The number of nitro benzene ring substituents is 1. The highest BCUT2D eigenvalue weighted by atomic mass is 35.5. The Morgan fingerprint density at radius 1 is 1.10 bits per heavy atom. The van der Waals surface area contributed by atoms with Crippen molar-refractivity contribution in [3.05, 3.63) is 62.1 Å². The quantitative estimate of drug-likeness (QED) is 0.615. The molecule has 0 bridgehead atoms. The number of nitrogens with zero attached hydrogens (tertiary/aromatic N) is 2. The van der Waals surface area contributed by atoms with Gasteiger partial charge < -0.3 is 4.74 Å². The van der Waals surface area contributed by atoms with E-state index < -0.39 is 4.92 Å². The summed E-state index contributed by atoms with van der Waals surface area (Å²) in [7, 11) is 0. The van der Waals surface area contributed by atoms with Crippen LogP contribution in [0.1, 0.15) is 5.56 Å². The van der Waals surface area contributed by atoms with Gasteiger partial charge in [-0.05, 0) is 18.2 Å². The lowest BCUT2D eigenvalue weighted by Gasteiger charge is -2.07. The fourth-order valence-electron chi connectivity index (χ4n) is 1.50. The molecule has 0 N–H and O–H groups in total. The first-order valence-electron chi connectivity index (χ1n) is 5.32. The average molecular weight is 309 g/mol. The SMILES string of the molecule is N#Cc1cc(Oc2ccc(Cl)c(Cl)c2)ccc1[N+](=O)[O-]. The van der Waals surface area contributed by atoms with Crippen LogP contribution in [0.2, 0.25) is 10.0 Å². The molecule has 0 aliphatic carbocycles. The Hall–Kier alpha value is -2.29. The molecule has 20 heavy (non-hydrogen) atoms. The molecule has 0 radical (unpaired) electrons. The summed E-state index contributed by atoms with van der Waals surface area (Å²) in [5, 5.41) is 20.3. The number of ether oxygens (including phenoxy) is 1. The maximum atomic E-state index is 10.7. The standard InChI is InChI=1S/C13H6Cl2N2O3/c14-11-3-1-10(6-12(11)15)20-9-2-4-13(17(18)19)8(5-9)7-16/h1-6H. The molecule has 2 rings (SSSR count). The van der Waals surface area contributed by atoms with Crippen molar-refractivity contribution in [3.8, 4) is 17.6 Å². The summed E-state index contributed by atoms with van der Waals surface area (Å²) < 4.78 is 5.47. The van der Waals surface area contributed by atoms with Crippen LogP contribution in [0.15, 0.2) is 36.4 Å². The predicted molar refractivity (Wildman–Crippen MR) is 74.3 cm³/mol. The molecule has 0 saturated carbocycles. The van der Waals surface area contributed by atoms with Crippen LogP contribution >= 0.6 is 23.2 Å². The topological polar surface area (TPSA) is 76.2 Å². The van der Waals surface area contributed by atoms with E-state index in [1.54, 1.807) is 18.2 Å². The van der Waals surface area contributed by atoms with E-state index in [1.165, 1.54) is 24.3 Å². The van der Waals surface area contributed by atoms with Gasteiger partial charge in [-0.15, -0.1) is 0 Å². The summed E-state index contributed by atoms with van der Waals surface area (Å²) in [6.45, 7) is 0. The minimum atomic E-state index is -0.624. The number of halogens is 2. The van der Waals surface area contributed by atoms with Crippen LogP contribution in [-0.2, 0) is 0 Å². The Balaban J connectivity index is 2.32. The highest BCUT2D eigenvalue weighted by Gasteiger charge is 2.14. The first-order chi connectivity index (χ1) is 9.51. The van der Waals surface area contributed by atoms with Gasteiger partial charge in [0.1, 0.15) is 23.1 Å². The van der Waals surface area contributed by atoms with Crippen LogP contribution in [-0.4, -0.2) is 4.92 Å². The van der Waals surface area contributed by atoms with Crippen molar-refractivity contribution in [2.45, 2.75) is 0 Å². The van der Waals surface area contributed by atoms with Crippen molar-refractivity contribution in [3.63, 3.8) is 0 Å². The Labute approximate surface area is 124 Å². The molecule has 0 aliphatic heterocycles. The van der Waals surface area contributed by atoms with Gasteiger partial charge in [-0.2, -0.15) is 5.26 Å². The first-order valence-corrected chi connectivity index (χ1v) is 6.08. The zero-order chi connectivity index (χ0) is 14.7. The molecule has 0 unspecified atom stereocenters. The molecular formula is C13H6Cl2N2O3. The number of rotatable bonds is 3. The van der Waals surface area contributed by atoms with Crippen molar-refractivity contribution in [1.82, 2.24) is 0 Å². The lowest BCUT2D eigenvalue weighted by molar-refractivity contribution is -0.385. The molecule has 2 aromatic rings.